The van der Waals surface area contributed by atoms with E-state index in [1.165, 1.54) is 7.11 Å². The number of ether oxygens (including phenoxy) is 3. The minimum absolute atomic E-state index is 0.0223. The van der Waals surface area contributed by atoms with E-state index < -0.39 is 18.1 Å². The van der Waals surface area contributed by atoms with Gasteiger partial charge in [-0.25, -0.2) is 9.59 Å². The monoisotopic (exact) mass is 591 g/mol. The first-order valence-electron chi connectivity index (χ1n) is 12.9. The average Bonchev–Trinajstić information content (AvgIpc) is 3.30. The van der Waals surface area contributed by atoms with Crippen molar-refractivity contribution in [2.75, 3.05) is 13.7 Å². The first kappa shape index (κ1) is 28.3. The van der Waals surface area contributed by atoms with Crippen molar-refractivity contribution in [2.45, 2.75) is 25.0 Å². The fourth-order valence-corrected chi connectivity index (χ4v) is 5.39. The number of benzene rings is 4. The normalized spacial score (nSPS) is 12.7. The van der Waals surface area contributed by atoms with Crippen LogP contribution < -0.4 is 14.8 Å². The lowest BCUT2D eigenvalue weighted by molar-refractivity contribution is -0.139. The van der Waals surface area contributed by atoms with Crippen LogP contribution in [0.5, 0.6) is 11.5 Å². The fourth-order valence-electron chi connectivity index (χ4n) is 5.04. The van der Waals surface area contributed by atoms with Crippen molar-refractivity contribution in [3.8, 4) is 22.6 Å². The second kappa shape index (κ2) is 12.5. The van der Waals surface area contributed by atoms with Crippen molar-refractivity contribution in [1.29, 1.82) is 0 Å². The van der Waals surface area contributed by atoms with Gasteiger partial charge in [0.05, 0.1) is 12.1 Å². The molecule has 0 bridgehead atoms. The molecule has 1 aliphatic rings. The molecule has 1 amide bonds. The summed E-state index contributed by atoms with van der Waals surface area (Å²) in [6.07, 6.45) is -0.777. The molecular weight excluding hydrogens is 565 g/mol. The Hall–Kier alpha value is -4.20. The topological polar surface area (TPSA) is 94.1 Å². The van der Waals surface area contributed by atoms with Crippen LogP contribution in [0.1, 0.15) is 28.2 Å². The number of hydrogen-bond acceptors (Lipinski definition) is 5. The van der Waals surface area contributed by atoms with Gasteiger partial charge in [-0.3, -0.25) is 0 Å². The van der Waals surface area contributed by atoms with Gasteiger partial charge in [-0.1, -0.05) is 83.9 Å². The molecule has 210 valence electrons. The van der Waals surface area contributed by atoms with Crippen molar-refractivity contribution in [1.82, 2.24) is 5.32 Å². The van der Waals surface area contributed by atoms with Crippen molar-refractivity contribution in [3.63, 3.8) is 0 Å². The number of carboxylic acid groups (broad SMARTS) is 1. The maximum Gasteiger partial charge on any atom is 0.407 e. The molecule has 0 saturated heterocycles. The van der Waals surface area contributed by atoms with E-state index in [4.69, 9.17) is 37.4 Å². The Kier molecular flexibility index (Phi) is 8.67. The lowest BCUT2D eigenvalue weighted by Crippen LogP contribution is -2.42. The molecule has 7 nitrogen and oxygen atoms in total. The number of alkyl carbamates (subject to hydrolysis) is 1. The summed E-state index contributed by atoms with van der Waals surface area (Å²) in [5.74, 6) is -0.346. The summed E-state index contributed by atoms with van der Waals surface area (Å²) < 4.78 is 16.8. The predicted octanol–water partition coefficient (Wildman–Crippen LogP) is 7.12. The highest BCUT2D eigenvalue weighted by atomic mass is 35.5. The van der Waals surface area contributed by atoms with Crippen LogP contribution in [0, 0.1) is 0 Å². The predicted molar refractivity (Wildman–Crippen MR) is 157 cm³/mol. The molecular formula is C32H27Cl2NO6. The Morgan fingerprint density at radius 3 is 2.24 bits per heavy atom. The molecule has 0 aromatic heterocycles. The zero-order chi connectivity index (χ0) is 28.9. The molecule has 1 unspecified atom stereocenters. The highest BCUT2D eigenvalue weighted by molar-refractivity contribution is 6.42. The van der Waals surface area contributed by atoms with Crippen molar-refractivity contribution >= 4 is 35.3 Å². The van der Waals surface area contributed by atoms with Crippen LogP contribution in [-0.4, -0.2) is 36.9 Å². The summed E-state index contributed by atoms with van der Waals surface area (Å²) >= 11 is 12.3. The van der Waals surface area contributed by atoms with Gasteiger partial charge in [0.2, 0.25) is 0 Å². The summed E-state index contributed by atoms with van der Waals surface area (Å²) in [6, 6.07) is 25.1. The molecule has 2 N–H and O–H groups in total. The lowest BCUT2D eigenvalue weighted by atomic mass is 9.98. The van der Waals surface area contributed by atoms with E-state index in [1.54, 1.807) is 36.4 Å². The van der Waals surface area contributed by atoms with E-state index >= 15 is 0 Å². The zero-order valence-corrected chi connectivity index (χ0v) is 23.6. The van der Waals surface area contributed by atoms with Gasteiger partial charge in [0.1, 0.15) is 35.8 Å². The van der Waals surface area contributed by atoms with Gasteiger partial charge in [0, 0.05) is 17.9 Å². The van der Waals surface area contributed by atoms with E-state index in [9.17, 15) is 14.7 Å². The largest absolute Gasteiger partial charge is 0.496 e. The van der Waals surface area contributed by atoms with Crippen LogP contribution in [-0.2, 0) is 22.6 Å². The third kappa shape index (κ3) is 6.26. The Morgan fingerprint density at radius 2 is 1.59 bits per heavy atom. The Morgan fingerprint density at radius 1 is 0.902 bits per heavy atom. The number of amides is 1. The number of hydrogen-bond donors (Lipinski definition) is 2. The maximum absolute atomic E-state index is 12.8. The number of methoxy groups -OCH3 is 1. The number of aliphatic carboxylic acids is 1. The van der Waals surface area contributed by atoms with E-state index in [-0.39, 0.29) is 25.6 Å². The molecule has 0 heterocycles. The summed E-state index contributed by atoms with van der Waals surface area (Å²) in [7, 11) is 1.53. The van der Waals surface area contributed by atoms with Crippen molar-refractivity contribution < 1.29 is 28.9 Å². The van der Waals surface area contributed by atoms with Crippen molar-refractivity contribution in [2.24, 2.45) is 0 Å². The first-order valence-corrected chi connectivity index (χ1v) is 13.7. The van der Waals surface area contributed by atoms with Crippen LogP contribution in [0.4, 0.5) is 4.79 Å². The average molecular weight is 592 g/mol. The van der Waals surface area contributed by atoms with Gasteiger partial charge in [0.15, 0.2) is 0 Å². The van der Waals surface area contributed by atoms with Crippen LogP contribution >= 0.6 is 23.2 Å². The number of fused-ring (bicyclic) bond motifs is 3. The summed E-state index contributed by atoms with van der Waals surface area (Å²) in [5.41, 5.74) is 5.70. The van der Waals surface area contributed by atoms with E-state index in [2.05, 4.69) is 5.32 Å². The van der Waals surface area contributed by atoms with Gasteiger partial charge in [-0.15, -0.1) is 0 Å². The minimum atomic E-state index is -1.21. The molecule has 9 heteroatoms. The lowest BCUT2D eigenvalue weighted by Gasteiger charge is -2.18. The molecule has 0 radical (unpaired) electrons. The highest BCUT2D eigenvalue weighted by Crippen LogP contribution is 2.44. The molecule has 4 aromatic carbocycles. The number of nitrogens with one attached hydrogen (secondary N) is 1. The molecule has 4 aromatic rings. The Bertz CT molecular complexity index is 1540. The van der Waals surface area contributed by atoms with Crippen LogP contribution in [0.3, 0.4) is 0 Å². The Balaban J connectivity index is 1.24. The fraction of sp³-hybridized carbons (Fsp3) is 0.188. The standard InChI is InChI=1S/C32H27Cl2NO6/c1-39-28-14-13-19(15-20(28)17-40-29-12-6-11-26(33)30(29)34)16-27(31(36)37)35-32(38)41-18-25-23-9-4-2-7-21(23)22-8-3-5-10-24(22)25/h2-15,25,27H,16-18H2,1H3,(H,35,38)(H,36,37). The third-order valence-electron chi connectivity index (χ3n) is 7.02. The van der Waals surface area contributed by atoms with Gasteiger partial charge in [0.25, 0.3) is 0 Å². The Labute approximate surface area is 247 Å². The smallest absolute Gasteiger partial charge is 0.407 e. The minimum Gasteiger partial charge on any atom is -0.496 e. The maximum atomic E-state index is 12.8. The number of halogens is 2. The van der Waals surface area contributed by atoms with Gasteiger partial charge in [-0.2, -0.15) is 0 Å². The molecule has 0 fully saturated rings. The van der Waals surface area contributed by atoms with Gasteiger partial charge in [-0.05, 0) is 52.1 Å². The van der Waals surface area contributed by atoms with Crippen LogP contribution in [0.15, 0.2) is 84.9 Å². The second-order valence-electron chi connectivity index (χ2n) is 9.55. The first-order chi connectivity index (χ1) is 19.9. The van der Waals surface area contributed by atoms with Crippen molar-refractivity contribution in [3.05, 3.63) is 117 Å². The van der Waals surface area contributed by atoms with E-state index in [1.807, 2.05) is 48.5 Å². The molecule has 1 aliphatic carbocycles. The number of carbonyl (C=O) groups excluding carboxylic acids is 1. The molecule has 5 rings (SSSR count). The van der Waals surface area contributed by atoms with Crippen LogP contribution in [0.2, 0.25) is 10.0 Å². The van der Waals surface area contributed by atoms with E-state index in [0.717, 1.165) is 22.3 Å². The SMILES string of the molecule is COc1ccc(CC(NC(=O)OCC2c3ccccc3-c3ccccc32)C(=O)O)cc1COc1cccc(Cl)c1Cl. The van der Waals surface area contributed by atoms with E-state index in [0.29, 0.717) is 32.7 Å². The molecule has 0 saturated carbocycles. The number of carboxylic acids is 1. The number of carbonyl (C=O) groups is 2. The molecule has 0 spiro atoms. The quantitative estimate of drug-likeness (QED) is 0.204. The van der Waals surface area contributed by atoms with Gasteiger partial charge >= 0.3 is 12.1 Å². The number of rotatable bonds is 10. The zero-order valence-electron chi connectivity index (χ0n) is 22.1. The van der Waals surface area contributed by atoms with Gasteiger partial charge < -0.3 is 24.6 Å². The highest BCUT2D eigenvalue weighted by Gasteiger charge is 2.30. The summed E-state index contributed by atoms with van der Waals surface area (Å²) in [5, 5.41) is 13.0. The molecule has 0 aliphatic heterocycles. The second-order valence-corrected chi connectivity index (χ2v) is 10.3. The summed E-state index contributed by atoms with van der Waals surface area (Å²) in [4.78, 5) is 24.8. The summed E-state index contributed by atoms with van der Waals surface area (Å²) in [6.45, 7) is 0.191. The van der Waals surface area contributed by atoms with Crippen LogP contribution in [0.25, 0.3) is 11.1 Å². The molecule has 41 heavy (non-hydrogen) atoms. The third-order valence-corrected chi connectivity index (χ3v) is 7.82. The molecule has 1 atom stereocenters.